The summed E-state index contributed by atoms with van der Waals surface area (Å²) in [5.74, 6) is 0. The molecular weight excluding hydrogens is 264 g/mol. The minimum Gasteiger partial charge on any atom is -0.391 e. The maximum absolute atomic E-state index is 10.5. The smallest absolute Gasteiger partial charge is 0.269 e. The van der Waals surface area contributed by atoms with Gasteiger partial charge < -0.3 is 4.84 Å². The molecule has 6 heteroatoms. The van der Waals surface area contributed by atoms with Gasteiger partial charge in [0.25, 0.3) is 5.69 Å². The Kier molecular flexibility index (Phi) is 4.25. The molecule has 0 N–H and O–H groups in total. The van der Waals surface area contributed by atoms with Crippen molar-refractivity contribution in [2.75, 3.05) is 0 Å². The van der Waals surface area contributed by atoms with Crippen molar-refractivity contribution in [3.05, 3.63) is 62.3 Å². The van der Waals surface area contributed by atoms with Gasteiger partial charge >= 0.3 is 0 Å². The van der Waals surface area contributed by atoms with Crippen LogP contribution in [0.15, 0.2) is 46.9 Å². The molecule has 0 saturated carbocycles. The van der Waals surface area contributed by atoms with E-state index in [1.165, 1.54) is 12.1 Å². The fraction of sp³-hybridized carbons (Fsp3) is 0.154. The standard InChI is InChI=1S/C13H12N2O3S/c1-10(13-3-2-8-19-13)14-18-9-11-4-6-12(7-5-11)15(16)17/h2-8H,9H2,1H3/b14-10+. The van der Waals surface area contributed by atoms with Crippen molar-refractivity contribution in [3.63, 3.8) is 0 Å². The van der Waals surface area contributed by atoms with Crippen LogP contribution in [-0.4, -0.2) is 10.6 Å². The van der Waals surface area contributed by atoms with E-state index >= 15 is 0 Å². The Balaban J connectivity index is 1.92. The number of hydrogen-bond acceptors (Lipinski definition) is 5. The lowest BCUT2D eigenvalue weighted by Crippen LogP contribution is -1.94. The lowest BCUT2D eigenvalue weighted by atomic mass is 10.2. The number of nitrogens with zero attached hydrogens (tertiary/aromatic N) is 2. The zero-order chi connectivity index (χ0) is 13.7. The second-order valence-corrected chi connectivity index (χ2v) is 4.80. The van der Waals surface area contributed by atoms with Crippen molar-refractivity contribution in [2.24, 2.45) is 5.16 Å². The first-order valence-electron chi connectivity index (χ1n) is 5.60. The Morgan fingerprint density at radius 2 is 2.11 bits per heavy atom. The summed E-state index contributed by atoms with van der Waals surface area (Å²) < 4.78 is 0. The molecule has 0 radical (unpaired) electrons. The average molecular weight is 276 g/mol. The minimum absolute atomic E-state index is 0.0713. The van der Waals surface area contributed by atoms with E-state index in [1.807, 2.05) is 24.4 Å². The third-order valence-corrected chi connectivity index (χ3v) is 3.44. The normalized spacial score (nSPS) is 11.3. The fourth-order valence-corrected chi connectivity index (χ4v) is 2.12. The Hall–Kier alpha value is -2.21. The van der Waals surface area contributed by atoms with Crippen LogP contribution in [-0.2, 0) is 11.4 Å². The first-order valence-corrected chi connectivity index (χ1v) is 6.48. The highest BCUT2D eigenvalue weighted by Crippen LogP contribution is 2.13. The van der Waals surface area contributed by atoms with Crippen LogP contribution in [0.25, 0.3) is 0 Å². The minimum atomic E-state index is -0.427. The van der Waals surface area contributed by atoms with Gasteiger partial charge in [-0.15, -0.1) is 11.3 Å². The molecule has 2 aromatic rings. The van der Waals surface area contributed by atoms with Crippen LogP contribution in [0.3, 0.4) is 0 Å². The molecule has 19 heavy (non-hydrogen) atoms. The summed E-state index contributed by atoms with van der Waals surface area (Å²) in [6, 6.07) is 10.2. The van der Waals surface area contributed by atoms with Gasteiger partial charge in [-0.2, -0.15) is 0 Å². The van der Waals surface area contributed by atoms with Gasteiger partial charge in [-0.05, 0) is 36.1 Å². The number of benzene rings is 1. The van der Waals surface area contributed by atoms with E-state index in [0.29, 0.717) is 6.61 Å². The van der Waals surface area contributed by atoms with E-state index in [0.717, 1.165) is 16.2 Å². The van der Waals surface area contributed by atoms with E-state index in [1.54, 1.807) is 23.5 Å². The number of rotatable bonds is 5. The number of nitro groups is 1. The van der Waals surface area contributed by atoms with Gasteiger partial charge in [0.2, 0.25) is 0 Å². The van der Waals surface area contributed by atoms with Crippen molar-refractivity contribution in [1.82, 2.24) is 0 Å². The molecule has 1 heterocycles. The van der Waals surface area contributed by atoms with E-state index in [9.17, 15) is 10.1 Å². The Morgan fingerprint density at radius 3 is 2.68 bits per heavy atom. The molecule has 0 amide bonds. The van der Waals surface area contributed by atoms with Gasteiger partial charge in [0.05, 0.1) is 15.5 Å². The van der Waals surface area contributed by atoms with Gasteiger partial charge in [0.1, 0.15) is 6.61 Å². The predicted octanol–water partition coefficient (Wildman–Crippen LogP) is 3.60. The third kappa shape index (κ3) is 3.62. The molecule has 0 unspecified atom stereocenters. The summed E-state index contributed by atoms with van der Waals surface area (Å²) in [5, 5.41) is 16.5. The van der Waals surface area contributed by atoms with E-state index < -0.39 is 4.92 Å². The second-order valence-electron chi connectivity index (χ2n) is 3.85. The van der Waals surface area contributed by atoms with Gasteiger partial charge in [-0.1, -0.05) is 11.2 Å². The monoisotopic (exact) mass is 276 g/mol. The lowest BCUT2D eigenvalue weighted by molar-refractivity contribution is -0.384. The number of non-ortho nitro benzene ring substituents is 1. The molecule has 5 nitrogen and oxygen atoms in total. The zero-order valence-electron chi connectivity index (χ0n) is 10.3. The first kappa shape index (κ1) is 13.2. The molecule has 0 aliphatic carbocycles. The van der Waals surface area contributed by atoms with E-state index in [-0.39, 0.29) is 5.69 Å². The Morgan fingerprint density at radius 1 is 1.37 bits per heavy atom. The summed E-state index contributed by atoms with van der Waals surface area (Å²) in [5.41, 5.74) is 1.73. The molecule has 1 aromatic carbocycles. The molecule has 0 bridgehead atoms. The van der Waals surface area contributed by atoms with E-state index in [2.05, 4.69) is 5.16 Å². The van der Waals surface area contributed by atoms with Crippen LogP contribution in [0.1, 0.15) is 17.4 Å². The fourth-order valence-electron chi connectivity index (χ4n) is 1.45. The van der Waals surface area contributed by atoms with Crippen LogP contribution in [0.4, 0.5) is 5.69 Å². The quantitative estimate of drug-likeness (QED) is 0.476. The zero-order valence-corrected chi connectivity index (χ0v) is 11.1. The molecular formula is C13H12N2O3S. The highest BCUT2D eigenvalue weighted by Gasteiger charge is 2.04. The number of nitro benzene ring substituents is 1. The molecule has 1 aromatic heterocycles. The van der Waals surface area contributed by atoms with Gasteiger partial charge in [0, 0.05) is 12.1 Å². The summed E-state index contributed by atoms with van der Waals surface area (Å²) >= 11 is 1.60. The van der Waals surface area contributed by atoms with Crippen molar-refractivity contribution >= 4 is 22.7 Å². The second kappa shape index (κ2) is 6.10. The maximum Gasteiger partial charge on any atom is 0.269 e. The molecule has 2 rings (SSSR count). The molecule has 0 spiro atoms. The van der Waals surface area contributed by atoms with Crippen molar-refractivity contribution in [1.29, 1.82) is 0 Å². The van der Waals surface area contributed by atoms with Crippen LogP contribution >= 0.6 is 11.3 Å². The van der Waals surface area contributed by atoms with Crippen LogP contribution in [0.5, 0.6) is 0 Å². The summed E-state index contributed by atoms with van der Waals surface area (Å²) in [6.07, 6.45) is 0. The highest BCUT2D eigenvalue weighted by atomic mass is 32.1. The Bertz CT molecular complexity index is 576. The lowest BCUT2D eigenvalue weighted by Gasteiger charge is -2.01. The molecule has 0 aliphatic rings. The third-order valence-electron chi connectivity index (χ3n) is 2.46. The van der Waals surface area contributed by atoms with Crippen LogP contribution < -0.4 is 0 Å². The van der Waals surface area contributed by atoms with Crippen molar-refractivity contribution in [3.8, 4) is 0 Å². The molecule has 0 saturated heterocycles. The van der Waals surface area contributed by atoms with Gasteiger partial charge in [0.15, 0.2) is 0 Å². The molecule has 0 atom stereocenters. The molecule has 98 valence electrons. The summed E-state index contributed by atoms with van der Waals surface area (Å²) in [7, 11) is 0. The molecule has 0 aliphatic heterocycles. The van der Waals surface area contributed by atoms with Gasteiger partial charge in [-0.3, -0.25) is 10.1 Å². The van der Waals surface area contributed by atoms with E-state index in [4.69, 9.17) is 4.84 Å². The Labute approximate surface area is 114 Å². The first-order chi connectivity index (χ1) is 9.16. The number of thiophene rings is 1. The van der Waals surface area contributed by atoms with Gasteiger partial charge in [-0.25, -0.2) is 0 Å². The average Bonchev–Trinajstić information content (AvgIpc) is 2.93. The summed E-state index contributed by atoms with van der Waals surface area (Å²) in [4.78, 5) is 16.4. The van der Waals surface area contributed by atoms with Crippen molar-refractivity contribution in [2.45, 2.75) is 13.5 Å². The topological polar surface area (TPSA) is 64.7 Å². The van der Waals surface area contributed by atoms with Crippen molar-refractivity contribution < 1.29 is 9.76 Å². The van der Waals surface area contributed by atoms with Crippen LogP contribution in [0.2, 0.25) is 0 Å². The maximum atomic E-state index is 10.5. The number of hydrogen-bond donors (Lipinski definition) is 0. The highest BCUT2D eigenvalue weighted by molar-refractivity contribution is 7.12. The van der Waals surface area contributed by atoms with Crippen LogP contribution in [0, 0.1) is 10.1 Å². The number of oxime groups is 1. The largest absolute Gasteiger partial charge is 0.391 e. The molecule has 0 fully saturated rings. The summed E-state index contributed by atoms with van der Waals surface area (Å²) in [6.45, 7) is 2.17. The predicted molar refractivity (Wildman–Crippen MR) is 74.4 cm³/mol. The SMILES string of the molecule is C/C(=N\OCc1ccc([N+](=O)[O-])cc1)c1cccs1.